The third-order valence-electron chi connectivity index (χ3n) is 5.01. The van der Waals surface area contributed by atoms with Gasteiger partial charge in [-0.2, -0.15) is 0 Å². The summed E-state index contributed by atoms with van der Waals surface area (Å²) in [6.07, 6.45) is 5.68. The van der Waals surface area contributed by atoms with Crippen LogP contribution in [0.3, 0.4) is 0 Å². The minimum absolute atomic E-state index is 0.155. The summed E-state index contributed by atoms with van der Waals surface area (Å²) >= 11 is 1.65. The average Bonchev–Trinajstić information content (AvgIpc) is 3.15. The Kier molecular flexibility index (Phi) is 11.8. The summed E-state index contributed by atoms with van der Waals surface area (Å²) in [6, 6.07) is 0. The normalized spacial score (nSPS) is 14.0. The smallest absolute Gasteiger partial charge is 0.248 e. The SMILES string of the molecule is C=C/C(=C\C(=C)C(C)CC=O)OCC.CNc1sc2c(c1CN)CCN(C(=O)CO)C2. The van der Waals surface area contributed by atoms with Gasteiger partial charge in [0.2, 0.25) is 5.91 Å². The van der Waals surface area contributed by atoms with E-state index in [2.05, 4.69) is 18.5 Å². The molecule has 0 spiro atoms. The van der Waals surface area contributed by atoms with Crippen LogP contribution in [0.25, 0.3) is 0 Å². The van der Waals surface area contributed by atoms with Gasteiger partial charge in [0.25, 0.3) is 0 Å². The Bertz CT molecular complexity index is 801. The highest BCUT2D eigenvalue weighted by Gasteiger charge is 2.25. The van der Waals surface area contributed by atoms with Crippen LogP contribution < -0.4 is 11.1 Å². The minimum atomic E-state index is -0.413. The lowest BCUT2D eigenvalue weighted by Gasteiger charge is -2.26. The van der Waals surface area contributed by atoms with Gasteiger partial charge in [0.05, 0.1) is 18.2 Å². The second-order valence-corrected chi connectivity index (χ2v) is 8.16. The molecular formula is C23H35N3O4S. The number of carbonyl (C=O) groups excluding carboxylic acids is 2. The van der Waals surface area contributed by atoms with E-state index in [9.17, 15) is 9.59 Å². The van der Waals surface area contributed by atoms with Crippen LogP contribution >= 0.6 is 11.3 Å². The van der Waals surface area contributed by atoms with E-state index in [1.165, 1.54) is 16.0 Å². The number of aliphatic hydroxyl groups is 1. The summed E-state index contributed by atoms with van der Waals surface area (Å²) in [4.78, 5) is 24.6. The molecule has 1 atom stereocenters. The maximum Gasteiger partial charge on any atom is 0.248 e. The number of ether oxygens (including phenoxy) is 1. The van der Waals surface area contributed by atoms with Gasteiger partial charge in [0, 0.05) is 37.0 Å². The van der Waals surface area contributed by atoms with Gasteiger partial charge in [-0.05, 0) is 42.6 Å². The number of aldehydes is 1. The third-order valence-corrected chi connectivity index (χ3v) is 6.28. The molecule has 1 aromatic rings. The van der Waals surface area contributed by atoms with Crippen LogP contribution in [-0.2, 0) is 33.8 Å². The summed E-state index contributed by atoms with van der Waals surface area (Å²) in [5, 5.41) is 13.1. The number of thiophene rings is 1. The van der Waals surface area contributed by atoms with Gasteiger partial charge in [-0.3, -0.25) is 4.79 Å². The summed E-state index contributed by atoms with van der Waals surface area (Å²) in [5.41, 5.74) is 9.10. The van der Waals surface area contributed by atoms with Crippen LogP contribution in [0, 0.1) is 5.92 Å². The van der Waals surface area contributed by atoms with E-state index in [1.54, 1.807) is 22.3 Å². The molecular weight excluding hydrogens is 414 g/mol. The topological polar surface area (TPSA) is 105 Å². The molecule has 1 aliphatic rings. The van der Waals surface area contributed by atoms with E-state index in [0.717, 1.165) is 23.3 Å². The predicted molar refractivity (Wildman–Crippen MR) is 127 cm³/mol. The van der Waals surface area contributed by atoms with Gasteiger partial charge in [0.1, 0.15) is 18.7 Å². The first kappa shape index (κ1) is 26.6. The molecule has 0 bridgehead atoms. The van der Waals surface area contributed by atoms with Gasteiger partial charge >= 0.3 is 0 Å². The number of fused-ring (bicyclic) bond motifs is 1. The van der Waals surface area contributed by atoms with Crippen molar-refractivity contribution in [3.05, 3.63) is 52.6 Å². The van der Waals surface area contributed by atoms with Crippen molar-refractivity contribution in [1.82, 2.24) is 4.90 Å². The molecule has 1 aliphatic heterocycles. The maximum atomic E-state index is 11.4. The molecule has 0 aliphatic carbocycles. The first-order valence-electron chi connectivity index (χ1n) is 10.4. The molecule has 4 N–H and O–H groups in total. The lowest BCUT2D eigenvalue weighted by Crippen LogP contribution is -2.37. The van der Waals surface area contributed by atoms with Crippen molar-refractivity contribution < 1.29 is 19.4 Å². The molecule has 2 heterocycles. The zero-order valence-electron chi connectivity index (χ0n) is 18.8. The zero-order valence-corrected chi connectivity index (χ0v) is 19.6. The predicted octanol–water partition coefficient (Wildman–Crippen LogP) is 3.00. The number of carbonyl (C=O) groups is 2. The largest absolute Gasteiger partial charge is 0.494 e. The van der Waals surface area contributed by atoms with E-state index in [-0.39, 0.29) is 11.8 Å². The van der Waals surface area contributed by atoms with Crippen molar-refractivity contribution >= 4 is 28.5 Å². The number of allylic oxidation sites excluding steroid dienone is 3. The summed E-state index contributed by atoms with van der Waals surface area (Å²) in [6.45, 7) is 13.4. The molecule has 0 aromatic carbocycles. The summed E-state index contributed by atoms with van der Waals surface area (Å²) in [7, 11) is 1.88. The molecule has 1 unspecified atom stereocenters. The average molecular weight is 450 g/mol. The van der Waals surface area contributed by atoms with E-state index < -0.39 is 6.61 Å². The third kappa shape index (κ3) is 7.65. The quantitative estimate of drug-likeness (QED) is 0.288. The Morgan fingerprint density at radius 2 is 2.19 bits per heavy atom. The van der Waals surface area contributed by atoms with Crippen LogP contribution in [0.1, 0.15) is 36.3 Å². The molecule has 1 amide bonds. The first-order chi connectivity index (χ1) is 14.9. The second kappa shape index (κ2) is 13.8. The Morgan fingerprint density at radius 1 is 1.48 bits per heavy atom. The van der Waals surface area contributed by atoms with Crippen molar-refractivity contribution in [2.24, 2.45) is 11.7 Å². The second-order valence-electron chi connectivity index (χ2n) is 7.05. The highest BCUT2D eigenvalue weighted by molar-refractivity contribution is 7.16. The standard InChI is InChI=1S/C12H18O2.C11H17N3O2S/c1-5-12(14-6-2)9-11(4)10(3)7-8-13;1-13-11-8(4-12)7-2-3-14(10(16)6-15)5-9(7)17-11/h5,8-10H,1,4,6-7H2,2-3H3;13,15H,2-6,12H2,1H3/b12-9+;. The Labute approximate surface area is 189 Å². The first-order valence-corrected chi connectivity index (χ1v) is 11.2. The molecule has 2 rings (SSSR count). The molecule has 0 saturated carbocycles. The molecule has 0 saturated heterocycles. The van der Waals surface area contributed by atoms with E-state index in [1.807, 2.05) is 27.0 Å². The van der Waals surface area contributed by atoms with Crippen molar-refractivity contribution in [2.75, 3.05) is 32.1 Å². The van der Waals surface area contributed by atoms with Crippen molar-refractivity contribution in [2.45, 2.75) is 39.8 Å². The molecule has 7 nitrogen and oxygen atoms in total. The lowest BCUT2D eigenvalue weighted by atomic mass is 9.99. The van der Waals surface area contributed by atoms with Crippen LogP contribution in [0.4, 0.5) is 5.00 Å². The number of hydrogen-bond acceptors (Lipinski definition) is 7. The van der Waals surface area contributed by atoms with Crippen molar-refractivity contribution in [3.8, 4) is 0 Å². The van der Waals surface area contributed by atoms with E-state index in [0.29, 0.717) is 38.4 Å². The molecule has 8 heteroatoms. The number of hydrogen-bond donors (Lipinski definition) is 3. The van der Waals surface area contributed by atoms with Crippen LogP contribution in [0.2, 0.25) is 0 Å². The number of amides is 1. The van der Waals surface area contributed by atoms with Crippen LogP contribution in [-0.4, -0.2) is 49.0 Å². The number of nitrogens with two attached hydrogens (primary N) is 1. The number of nitrogens with one attached hydrogen (secondary N) is 1. The van der Waals surface area contributed by atoms with Gasteiger partial charge in [-0.15, -0.1) is 11.3 Å². The Morgan fingerprint density at radius 3 is 2.71 bits per heavy atom. The highest BCUT2D eigenvalue weighted by Crippen LogP contribution is 2.36. The lowest BCUT2D eigenvalue weighted by molar-refractivity contribution is -0.135. The van der Waals surface area contributed by atoms with E-state index in [4.69, 9.17) is 15.6 Å². The Balaban J connectivity index is 0.000000318. The molecule has 0 fully saturated rings. The van der Waals surface area contributed by atoms with Crippen molar-refractivity contribution in [1.29, 1.82) is 0 Å². The minimum Gasteiger partial charge on any atom is -0.494 e. The number of rotatable bonds is 10. The highest BCUT2D eigenvalue weighted by atomic mass is 32.1. The van der Waals surface area contributed by atoms with Gasteiger partial charge in [-0.25, -0.2) is 0 Å². The number of anilines is 1. The molecule has 1 aromatic heterocycles. The number of aliphatic hydroxyl groups excluding tert-OH is 1. The summed E-state index contributed by atoms with van der Waals surface area (Å²) < 4.78 is 5.28. The van der Waals surface area contributed by atoms with Gasteiger partial charge < -0.3 is 30.6 Å². The summed E-state index contributed by atoms with van der Waals surface area (Å²) in [5.74, 6) is 0.655. The van der Waals surface area contributed by atoms with E-state index >= 15 is 0 Å². The Hall–Kier alpha value is -2.42. The zero-order chi connectivity index (χ0) is 23.4. The molecule has 172 valence electrons. The van der Waals surface area contributed by atoms with Crippen molar-refractivity contribution in [3.63, 3.8) is 0 Å². The maximum absolute atomic E-state index is 11.4. The fourth-order valence-corrected chi connectivity index (χ4v) is 4.39. The van der Waals surface area contributed by atoms with Crippen LogP contribution in [0.15, 0.2) is 36.6 Å². The fourth-order valence-electron chi connectivity index (χ4n) is 3.15. The molecule has 31 heavy (non-hydrogen) atoms. The monoisotopic (exact) mass is 449 g/mol. The van der Waals surface area contributed by atoms with Crippen LogP contribution in [0.5, 0.6) is 0 Å². The fraction of sp³-hybridized carbons (Fsp3) is 0.478. The van der Waals surface area contributed by atoms with Gasteiger partial charge in [-0.1, -0.05) is 20.1 Å². The number of nitrogens with zero attached hydrogens (tertiary/aromatic N) is 1. The van der Waals surface area contributed by atoms with Gasteiger partial charge in [0.15, 0.2) is 0 Å². The molecule has 0 radical (unpaired) electrons.